The summed E-state index contributed by atoms with van der Waals surface area (Å²) in [7, 11) is 2.03. The number of nitrogens with zero attached hydrogens (tertiary/aromatic N) is 3. The van der Waals surface area contributed by atoms with Crippen LogP contribution >= 0.6 is 11.3 Å². The van der Waals surface area contributed by atoms with Crippen molar-refractivity contribution >= 4 is 22.9 Å². The zero-order valence-electron chi connectivity index (χ0n) is 18.4. The van der Waals surface area contributed by atoms with E-state index in [0.717, 1.165) is 42.1 Å². The van der Waals surface area contributed by atoms with E-state index in [1.165, 1.54) is 4.88 Å². The van der Waals surface area contributed by atoms with Crippen LogP contribution in [0, 0.1) is 6.92 Å². The van der Waals surface area contributed by atoms with E-state index in [1.807, 2.05) is 37.1 Å². The highest BCUT2D eigenvalue weighted by molar-refractivity contribution is 7.10. The summed E-state index contributed by atoms with van der Waals surface area (Å²) in [4.78, 5) is 22.8. The second-order valence-corrected chi connectivity index (χ2v) is 9.02. The minimum atomic E-state index is 0.0351. The Kier molecular flexibility index (Phi) is 6.56. The van der Waals surface area contributed by atoms with E-state index in [4.69, 9.17) is 4.74 Å². The number of carbonyl (C=O) groups is 1. The minimum Gasteiger partial charge on any atom is -0.485 e. The largest absolute Gasteiger partial charge is 0.485 e. The second-order valence-electron chi connectivity index (χ2n) is 8.05. The van der Waals surface area contributed by atoms with Gasteiger partial charge < -0.3 is 14.5 Å². The summed E-state index contributed by atoms with van der Waals surface area (Å²) >= 11 is 1.74. The summed E-state index contributed by atoms with van der Waals surface area (Å²) in [5.41, 5.74) is 3.64. The molecule has 0 spiro atoms. The van der Waals surface area contributed by atoms with Gasteiger partial charge in [0, 0.05) is 43.4 Å². The Hall–Kier alpha value is -2.86. The van der Waals surface area contributed by atoms with Gasteiger partial charge in [-0.2, -0.15) is 0 Å². The molecule has 3 aromatic rings. The number of aryl methyl sites for hydroxylation is 1. The van der Waals surface area contributed by atoms with Gasteiger partial charge in [-0.3, -0.25) is 9.78 Å². The van der Waals surface area contributed by atoms with Crippen molar-refractivity contribution in [1.82, 2.24) is 9.88 Å². The number of pyridine rings is 1. The Bertz CT molecular complexity index is 1020. The summed E-state index contributed by atoms with van der Waals surface area (Å²) in [6, 6.07) is 14.3. The molecule has 0 aliphatic carbocycles. The fourth-order valence-corrected chi connectivity index (χ4v) is 4.68. The maximum atomic E-state index is 13.1. The van der Waals surface area contributed by atoms with Crippen LogP contribution in [0.15, 0.2) is 54.0 Å². The molecule has 4 rings (SSSR count). The van der Waals surface area contributed by atoms with Crippen molar-refractivity contribution in [2.75, 3.05) is 25.0 Å². The summed E-state index contributed by atoms with van der Waals surface area (Å²) < 4.78 is 6.27. The number of likely N-dealkylation sites (N-methyl/N-ethyl adjacent to an activating group) is 1. The molecule has 31 heavy (non-hydrogen) atoms. The number of aromatic nitrogens is 1. The number of fused-ring (bicyclic) bond motifs is 1. The highest BCUT2D eigenvalue weighted by Gasteiger charge is 2.25. The van der Waals surface area contributed by atoms with Crippen molar-refractivity contribution < 1.29 is 9.53 Å². The Morgan fingerprint density at radius 3 is 2.71 bits per heavy atom. The van der Waals surface area contributed by atoms with Crippen LogP contribution in [0.25, 0.3) is 0 Å². The molecule has 0 N–H and O–H groups in total. The predicted octanol–water partition coefficient (Wildman–Crippen LogP) is 5.46. The van der Waals surface area contributed by atoms with Crippen molar-refractivity contribution in [2.45, 2.75) is 39.3 Å². The lowest BCUT2D eigenvalue weighted by Gasteiger charge is -2.22. The minimum absolute atomic E-state index is 0.0351. The van der Waals surface area contributed by atoms with Gasteiger partial charge >= 0.3 is 0 Å². The molecule has 3 heterocycles. The van der Waals surface area contributed by atoms with Crippen LogP contribution < -0.4 is 9.64 Å². The Morgan fingerprint density at radius 1 is 1.19 bits per heavy atom. The molecule has 1 amide bonds. The maximum absolute atomic E-state index is 13.1. The molecule has 2 aromatic heterocycles. The molecular weight excluding hydrogens is 406 g/mol. The van der Waals surface area contributed by atoms with Gasteiger partial charge in [0.05, 0.1) is 11.3 Å². The number of thiophene rings is 1. The summed E-state index contributed by atoms with van der Waals surface area (Å²) in [6.45, 7) is 6.18. The molecule has 0 bridgehead atoms. The van der Waals surface area contributed by atoms with Crippen LogP contribution in [0.5, 0.6) is 5.75 Å². The standard InChI is InChI=1S/C25H29N3O2S/c1-4-6-23(24-7-5-14-31-24)30-20-10-8-19(9-11-20)17-28-13-12-27(3)22-15-18(2)26-16-21(22)25(28)29/h5,7-11,14-16,23H,4,6,12-13,17H2,1-3H3/t23-/m0/s1. The van der Waals surface area contributed by atoms with Crippen LogP contribution in [0.4, 0.5) is 5.69 Å². The van der Waals surface area contributed by atoms with E-state index in [0.29, 0.717) is 18.7 Å². The van der Waals surface area contributed by atoms with E-state index < -0.39 is 0 Å². The monoisotopic (exact) mass is 435 g/mol. The van der Waals surface area contributed by atoms with Gasteiger partial charge in [-0.05, 0) is 48.6 Å². The molecule has 0 unspecified atom stereocenters. The van der Waals surface area contributed by atoms with Gasteiger partial charge in [-0.1, -0.05) is 31.5 Å². The van der Waals surface area contributed by atoms with Crippen LogP contribution in [0.2, 0.25) is 0 Å². The molecule has 1 aromatic carbocycles. The maximum Gasteiger partial charge on any atom is 0.257 e. The van der Waals surface area contributed by atoms with Crippen molar-refractivity contribution in [3.63, 3.8) is 0 Å². The first-order valence-corrected chi connectivity index (χ1v) is 11.7. The third-order valence-corrected chi connectivity index (χ3v) is 6.60. The molecule has 0 saturated heterocycles. The Balaban J connectivity index is 1.46. The van der Waals surface area contributed by atoms with Gasteiger partial charge in [0.1, 0.15) is 11.9 Å². The molecular formula is C25H29N3O2S. The van der Waals surface area contributed by atoms with Gasteiger partial charge in [-0.25, -0.2) is 0 Å². The molecule has 5 nitrogen and oxygen atoms in total. The first-order chi connectivity index (χ1) is 15.0. The number of anilines is 1. The molecule has 162 valence electrons. The van der Waals surface area contributed by atoms with Gasteiger partial charge in [0.2, 0.25) is 0 Å². The summed E-state index contributed by atoms with van der Waals surface area (Å²) in [5.74, 6) is 0.899. The van der Waals surface area contributed by atoms with E-state index >= 15 is 0 Å². The fraction of sp³-hybridized carbons (Fsp3) is 0.360. The van der Waals surface area contributed by atoms with E-state index in [-0.39, 0.29) is 12.0 Å². The fourth-order valence-electron chi connectivity index (χ4n) is 3.89. The third kappa shape index (κ3) is 4.90. The number of hydrogen-bond donors (Lipinski definition) is 0. The van der Waals surface area contributed by atoms with Crippen LogP contribution in [-0.4, -0.2) is 35.9 Å². The quantitative estimate of drug-likeness (QED) is 0.494. The van der Waals surface area contributed by atoms with Gasteiger partial charge in [0.15, 0.2) is 0 Å². The van der Waals surface area contributed by atoms with E-state index in [1.54, 1.807) is 17.5 Å². The molecule has 1 aliphatic heterocycles. The smallest absolute Gasteiger partial charge is 0.257 e. The van der Waals surface area contributed by atoms with Crippen molar-refractivity contribution in [3.8, 4) is 5.75 Å². The molecule has 0 saturated carbocycles. The zero-order chi connectivity index (χ0) is 21.8. The first-order valence-electron chi connectivity index (χ1n) is 10.8. The number of ether oxygens (including phenoxy) is 1. The third-order valence-electron chi connectivity index (χ3n) is 5.64. The highest BCUT2D eigenvalue weighted by atomic mass is 32.1. The normalized spacial score (nSPS) is 14.9. The number of rotatable bonds is 7. The van der Waals surface area contributed by atoms with Crippen molar-refractivity contribution in [1.29, 1.82) is 0 Å². The number of carbonyl (C=O) groups excluding carboxylic acids is 1. The van der Waals surface area contributed by atoms with Crippen molar-refractivity contribution in [3.05, 3.63) is 75.7 Å². The summed E-state index contributed by atoms with van der Waals surface area (Å²) in [6.07, 6.45) is 3.86. The van der Waals surface area contributed by atoms with Gasteiger partial charge in [0.25, 0.3) is 5.91 Å². The molecule has 0 radical (unpaired) electrons. The predicted molar refractivity (Wildman–Crippen MR) is 126 cm³/mol. The molecule has 6 heteroatoms. The molecule has 0 fully saturated rings. The Labute approximate surface area is 188 Å². The van der Waals surface area contributed by atoms with E-state index in [9.17, 15) is 4.79 Å². The average molecular weight is 436 g/mol. The van der Waals surface area contributed by atoms with Crippen LogP contribution in [0.1, 0.15) is 52.4 Å². The average Bonchev–Trinajstić information content (AvgIpc) is 3.28. The zero-order valence-corrected chi connectivity index (χ0v) is 19.2. The topological polar surface area (TPSA) is 45.7 Å². The Morgan fingerprint density at radius 2 is 2.00 bits per heavy atom. The lowest BCUT2D eigenvalue weighted by atomic mass is 10.1. The van der Waals surface area contributed by atoms with E-state index in [2.05, 4.69) is 46.5 Å². The second kappa shape index (κ2) is 9.52. The lowest BCUT2D eigenvalue weighted by Crippen LogP contribution is -2.33. The highest BCUT2D eigenvalue weighted by Crippen LogP contribution is 2.30. The lowest BCUT2D eigenvalue weighted by molar-refractivity contribution is 0.0754. The summed E-state index contributed by atoms with van der Waals surface area (Å²) in [5, 5.41) is 2.09. The van der Waals surface area contributed by atoms with Crippen molar-refractivity contribution in [2.24, 2.45) is 0 Å². The van der Waals surface area contributed by atoms with Crippen LogP contribution in [-0.2, 0) is 6.54 Å². The van der Waals surface area contributed by atoms with Gasteiger partial charge in [-0.15, -0.1) is 11.3 Å². The number of benzene rings is 1. The number of amides is 1. The first kappa shape index (κ1) is 21.4. The molecule has 1 atom stereocenters. The van der Waals surface area contributed by atoms with Crippen LogP contribution in [0.3, 0.4) is 0 Å². The number of hydrogen-bond acceptors (Lipinski definition) is 5. The molecule has 1 aliphatic rings. The SMILES string of the molecule is CCC[C@H](Oc1ccc(CN2CCN(C)c3cc(C)ncc3C2=O)cc1)c1cccs1.